The summed E-state index contributed by atoms with van der Waals surface area (Å²) < 4.78 is 5.14. The fourth-order valence-corrected chi connectivity index (χ4v) is 3.41. The number of ether oxygens (including phenoxy) is 1. The summed E-state index contributed by atoms with van der Waals surface area (Å²) in [6, 6.07) is 18.2. The number of anilines is 1. The van der Waals surface area contributed by atoms with Gasteiger partial charge in [-0.2, -0.15) is 0 Å². The average Bonchev–Trinajstić information content (AvgIpc) is 3.21. The number of amides is 1. The van der Waals surface area contributed by atoms with Gasteiger partial charge in [0.15, 0.2) is 6.61 Å². The Morgan fingerprint density at radius 2 is 1.89 bits per heavy atom. The maximum absolute atomic E-state index is 12.4. The number of esters is 1. The molecular weight excluding hydrogens is 360 g/mol. The van der Waals surface area contributed by atoms with Crippen molar-refractivity contribution in [2.75, 3.05) is 12.3 Å². The molecular formula is C21H20N2O3S. The largest absolute Gasteiger partial charge is 0.452 e. The first kappa shape index (κ1) is 18.7. The molecule has 0 saturated heterocycles. The molecule has 0 fully saturated rings. The zero-order chi connectivity index (χ0) is 19.2. The second-order valence-electron chi connectivity index (χ2n) is 6.07. The van der Waals surface area contributed by atoms with Gasteiger partial charge < -0.3 is 15.8 Å². The van der Waals surface area contributed by atoms with Crippen LogP contribution in [0.1, 0.15) is 32.4 Å². The van der Waals surface area contributed by atoms with Gasteiger partial charge in [0.1, 0.15) is 0 Å². The molecule has 0 spiro atoms. The van der Waals surface area contributed by atoms with E-state index in [-0.39, 0.29) is 18.6 Å². The average molecular weight is 380 g/mol. The summed E-state index contributed by atoms with van der Waals surface area (Å²) in [5.74, 6) is -0.949. The van der Waals surface area contributed by atoms with Crippen molar-refractivity contribution in [2.45, 2.75) is 13.0 Å². The second-order valence-corrected chi connectivity index (χ2v) is 7.05. The molecule has 1 atom stereocenters. The van der Waals surface area contributed by atoms with Crippen LogP contribution >= 0.6 is 11.3 Å². The monoisotopic (exact) mass is 380 g/mol. The summed E-state index contributed by atoms with van der Waals surface area (Å²) in [6.45, 7) is 1.49. The molecule has 0 unspecified atom stereocenters. The normalized spacial score (nSPS) is 11.6. The van der Waals surface area contributed by atoms with Crippen LogP contribution in [0, 0.1) is 6.92 Å². The highest BCUT2D eigenvalue weighted by molar-refractivity contribution is 7.10. The number of benzene rings is 2. The SMILES string of the molecule is Cc1ccc(C(=O)OCC(=O)N[C@H](c2ccccc2)c2cccs2)cc1N. The number of hydrogen-bond acceptors (Lipinski definition) is 5. The van der Waals surface area contributed by atoms with Crippen LogP contribution in [0.3, 0.4) is 0 Å². The molecule has 0 radical (unpaired) electrons. The molecule has 6 heteroatoms. The summed E-state index contributed by atoms with van der Waals surface area (Å²) in [7, 11) is 0. The van der Waals surface area contributed by atoms with Gasteiger partial charge in [-0.05, 0) is 41.6 Å². The molecule has 1 heterocycles. The quantitative estimate of drug-likeness (QED) is 0.505. The van der Waals surface area contributed by atoms with E-state index in [1.165, 1.54) is 0 Å². The maximum Gasteiger partial charge on any atom is 0.338 e. The molecule has 5 nitrogen and oxygen atoms in total. The Labute approximate surface area is 161 Å². The molecule has 27 heavy (non-hydrogen) atoms. The van der Waals surface area contributed by atoms with E-state index in [9.17, 15) is 9.59 Å². The zero-order valence-electron chi connectivity index (χ0n) is 14.8. The van der Waals surface area contributed by atoms with Crippen LogP contribution in [0.25, 0.3) is 0 Å². The highest BCUT2D eigenvalue weighted by atomic mass is 32.1. The Hall–Kier alpha value is -3.12. The highest BCUT2D eigenvalue weighted by Crippen LogP contribution is 2.25. The Kier molecular flexibility index (Phi) is 5.88. The van der Waals surface area contributed by atoms with Crippen LogP contribution in [-0.4, -0.2) is 18.5 Å². The maximum atomic E-state index is 12.4. The zero-order valence-corrected chi connectivity index (χ0v) is 15.7. The van der Waals surface area contributed by atoms with Gasteiger partial charge in [-0.15, -0.1) is 11.3 Å². The van der Waals surface area contributed by atoms with Crippen LogP contribution < -0.4 is 11.1 Å². The minimum atomic E-state index is -0.579. The first-order chi connectivity index (χ1) is 13.0. The summed E-state index contributed by atoms with van der Waals surface area (Å²) in [5.41, 5.74) is 8.49. The summed E-state index contributed by atoms with van der Waals surface area (Å²) in [5, 5.41) is 4.89. The lowest BCUT2D eigenvalue weighted by atomic mass is 10.1. The Morgan fingerprint density at radius 3 is 2.56 bits per heavy atom. The van der Waals surface area contributed by atoms with Gasteiger partial charge in [0.2, 0.25) is 0 Å². The Bertz CT molecular complexity index is 924. The molecule has 3 N–H and O–H groups in total. The van der Waals surface area contributed by atoms with Crippen LogP contribution in [0.5, 0.6) is 0 Å². The lowest BCUT2D eigenvalue weighted by Gasteiger charge is -2.18. The number of rotatable bonds is 6. The third-order valence-corrected chi connectivity index (χ3v) is 5.05. The van der Waals surface area contributed by atoms with Gasteiger partial charge in [-0.1, -0.05) is 42.5 Å². The fourth-order valence-electron chi connectivity index (χ4n) is 2.60. The highest BCUT2D eigenvalue weighted by Gasteiger charge is 2.19. The van der Waals surface area contributed by atoms with Crippen molar-refractivity contribution in [3.05, 3.63) is 87.6 Å². The van der Waals surface area contributed by atoms with Gasteiger partial charge in [-0.25, -0.2) is 4.79 Å². The minimum Gasteiger partial charge on any atom is -0.452 e. The number of thiophene rings is 1. The van der Waals surface area contributed by atoms with Crippen molar-refractivity contribution < 1.29 is 14.3 Å². The predicted octanol–water partition coefficient (Wildman–Crippen LogP) is 3.70. The molecule has 1 aromatic heterocycles. The number of aryl methyl sites for hydroxylation is 1. The fraction of sp³-hybridized carbons (Fsp3) is 0.143. The van der Waals surface area contributed by atoms with E-state index in [1.54, 1.807) is 29.5 Å². The Morgan fingerprint density at radius 1 is 1.11 bits per heavy atom. The van der Waals surface area contributed by atoms with Crippen molar-refractivity contribution >= 4 is 28.9 Å². The van der Waals surface area contributed by atoms with Crippen molar-refractivity contribution in [1.82, 2.24) is 5.32 Å². The van der Waals surface area contributed by atoms with Gasteiger partial charge in [-0.3, -0.25) is 4.79 Å². The molecule has 138 valence electrons. The smallest absolute Gasteiger partial charge is 0.338 e. The molecule has 3 rings (SSSR count). The van der Waals surface area contributed by atoms with Crippen LogP contribution in [-0.2, 0) is 9.53 Å². The summed E-state index contributed by atoms with van der Waals surface area (Å²) >= 11 is 1.56. The first-order valence-electron chi connectivity index (χ1n) is 8.45. The lowest BCUT2D eigenvalue weighted by Crippen LogP contribution is -2.32. The lowest BCUT2D eigenvalue weighted by molar-refractivity contribution is -0.124. The number of nitrogens with one attached hydrogen (secondary N) is 1. The standard InChI is InChI=1S/C21H20N2O3S/c1-14-9-10-16(12-17(14)22)21(25)26-13-19(24)23-20(18-8-5-11-27-18)15-6-3-2-4-7-15/h2-12,20H,13,22H2,1H3,(H,23,24)/t20-/m1/s1. The van der Waals surface area contributed by atoms with Crippen molar-refractivity contribution in [3.63, 3.8) is 0 Å². The summed E-state index contributed by atoms with van der Waals surface area (Å²) in [4.78, 5) is 25.5. The van der Waals surface area contributed by atoms with Gasteiger partial charge in [0.05, 0.1) is 11.6 Å². The van der Waals surface area contributed by atoms with E-state index in [0.717, 1.165) is 16.0 Å². The van der Waals surface area contributed by atoms with E-state index in [4.69, 9.17) is 10.5 Å². The number of carbonyl (C=O) groups excluding carboxylic acids is 2. The molecule has 2 aromatic carbocycles. The third-order valence-electron chi connectivity index (χ3n) is 4.12. The molecule has 1 amide bonds. The van der Waals surface area contributed by atoms with E-state index < -0.39 is 5.97 Å². The molecule has 0 saturated carbocycles. The predicted molar refractivity (Wildman–Crippen MR) is 107 cm³/mol. The third kappa shape index (κ3) is 4.74. The molecule has 0 aliphatic rings. The van der Waals surface area contributed by atoms with Crippen molar-refractivity contribution in [2.24, 2.45) is 0 Å². The van der Waals surface area contributed by atoms with E-state index in [0.29, 0.717) is 11.3 Å². The molecule has 0 aliphatic heterocycles. The number of nitrogens with two attached hydrogens (primary N) is 1. The molecule has 0 aliphatic carbocycles. The topological polar surface area (TPSA) is 81.4 Å². The number of nitrogen functional groups attached to an aromatic ring is 1. The van der Waals surface area contributed by atoms with Crippen molar-refractivity contribution in [3.8, 4) is 0 Å². The van der Waals surface area contributed by atoms with Gasteiger partial charge in [0, 0.05) is 10.6 Å². The van der Waals surface area contributed by atoms with Gasteiger partial charge in [0.25, 0.3) is 5.91 Å². The number of hydrogen-bond donors (Lipinski definition) is 2. The summed E-state index contributed by atoms with van der Waals surface area (Å²) in [6.07, 6.45) is 0. The van der Waals surface area contributed by atoms with Crippen molar-refractivity contribution in [1.29, 1.82) is 0 Å². The molecule has 3 aromatic rings. The number of carbonyl (C=O) groups is 2. The van der Waals surface area contributed by atoms with E-state index in [2.05, 4.69) is 5.32 Å². The Balaban J connectivity index is 1.64. The van der Waals surface area contributed by atoms with Crippen LogP contribution in [0.15, 0.2) is 66.0 Å². The van der Waals surface area contributed by atoms with Crippen LogP contribution in [0.4, 0.5) is 5.69 Å². The molecule has 0 bridgehead atoms. The minimum absolute atomic E-state index is 0.285. The van der Waals surface area contributed by atoms with E-state index in [1.807, 2.05) is 54.8 Å². The second kappa shape index (κ2) is 8.51. The van der Waals surface area contributed by atoms with Crippen LogP contribution in [0.2, 0.25) is 0 Å². The van der Waals surface area contributed by atoms with Gasteiger partial charge >= 0.3 is 5.97 Å². The first-order valence-corrected chi connectivity index (χ1v) is 9.33. The van der Waals surface area contributed by atoms with E-state index >= 15 is 0 Å².